The summed E-state index contributed by atoms with van der Waals surface area (Å²) in [5, 5.41) is 13.9. The first-order valence-electron chi connectivity index (χ1n) is 9.47. The van der Waals surface area contributed by atoms with E-state index in [9.17, 15) is 14.3 Å². The Balaban J connectivity index is 1.28. The Morgan fingerprint density at radius 2 is 2.00 bits per heavy atom. The van der Waals surface area contributed by atoms with E-state index in [1.54, 1.807) is 6.07 Å². The third-order valence-electron chi connectivity index (χ3n) is 6.81. The van der Waals surface area contributed by atoms with E-state index in [-0.39, 0.29) is 17.8 Å². The van der Waals surface area contributed by atoms with Crippen LogP contribution >= 0.6 is 0 Å². The van der Waals surface area contributed by atoms with Gasteiger partial charge in [0, 0.05) is 6.04 Å². The lowest BCUT2D eigenvalue weighted by Crippen LogP contribution is -2.62. The van der Waals surface area contributed by atoms with E-state index in [0.29, 0.717) is 36.3 Å². The fourth-order valence-corrected chi connectivity index (χ4v) is 6.02. The van der Waals surface area contributed by atoms with Crippen molar-refractivity contribution in [1.82, 2.24) is 5.32 Å². The molecule has 4 aliphatic carbocycles. The highest BCUT2D eigenvalue weighted by Crippen LogP contribution is 2.55. The molecule has 1 aliphatic heterocycles. The SMILES string of the molecule is O=C(NC1[C@@H]2CC3C[C@H]1CC(O)(C3)C2)[C@H]1CCc2cc(F)ccc2O1. The summed E-state index contributed by atoms with van der Waals surface area (Å²) in [6, 6.07) is 4.64. The molecule has 2 N–H and O–H groups in total. The molecule has 1 amide bonds. The van der Waals surface area contributed by atoms with Gasteiger partial charge in [0.25, 0.3) is 5.91 Å². The molecule has 6 rings (SSSR count). The van der Waals surface area contributed by atoms with Gasteiger partial charge in [0.2, 0.25) is 0 Å². The molecule has 5 aliphatic rings. The molecule has 1 aromatic rings. The number of fused-ring (bicyclic) bond motifs is 1. The second kappa shape index (κ2) is 5.44. The van der Waals surface area contributed by atoms with Crippen molar-refractivity contribution in [3.8, 4) is 5.75 Å². The first-order valence-corrected chi connectivity index (χ1v) is 9.47. The van der Waals surface area contributed by atoms with E-state index < -0.39 is 11.7 Å². The Morgan fingerprint density at radius 3 is 2.72 bits per heavy atom. The molecule has 134 valence electrons. The van der Waals surface area contributed by atoms with Crippen molar-refractivity contribution in [2.45, 2.75) is 62.7 Å². The molecule has 0 saturated heterocycles. The molecule has 1 heterocycles. The highest BCUT2D eigenvalue weighted by molar-refractivity contribution is 5.82. The van der Waals surface area contributed by atoms with Crippen molar-refractivity contribution in [2.75, 3.05) is 0 Å². The monoisotopic (exact) mass is 345 g/mol. The lowest BCUT2D eigenvalue weighted by Gasteiger charge is -2.58. The number of aryl methyl sites for hydroxylation is 1. The van der Waals surface area contributed by atoms with Crippen molar-refractivity contribution < 1.29 is 19.0 Å². The van der Waals surface area contributed by atoms with Gasteiger partial charge in [-0.25, -0.2) is 4.39 Å². The third-order valence-corrected chi connectivity index (χ3v) is 6.81. The van der Waals surface area contributed by atoms with E-state index in [1.807, 2.05) is 0 Å². The summed E-state index contributed by atoms with van der Waals surface area (Å²) in [7, 11) is 0. The quantitative estimate of drug-likeness (QED) is 0.866. The van der Waals surface area contributed by atoms with Crippen molar-refractivity contribution in [3.05, 3.63) is 29.6 Å². The van der Waals surface area contributed by atoms with Gasteiger partial charge in [-0.2, -0.15) is 0 Å². The minimum absolute atomic E-state index is 0.0561. The minimum atomic E-state index is -0.502. The Labute approximate surface area is 146 Å². The Bertz CT molecular complexity index is 705. The molecule has 0 radical (unpaired) electrons. The van der Waals surface area contributed by atoms with Crippen LogP contribution in [0.25, 0.3) is 0 Å². The number of hydrogen-bond acceptors (Lipinski definition) is 3. The van der Waals surface area contributed by atoms with Crippen LogP contribution in [-0.2, 0) is 11.2 Å². The molecule has 1 aromatic carbocycles. The largest absolute Gasteiger partial charge is 0.480 e. The number of halogens is 1. The van der Waals surface area contributed by atoms with Gasteiger partial charge in [-0.05, 0) is 86.5 Å². The molecular weight excluding hydrogens is 321 g/mol. The molecule has 4 saturated carbocycles. The summed E-state index contributed by atoms with van der Waals surface area (Å²) >= 11 is 0. The second-order valence-electron chi connectivity index (χ2n) is 8.63. The number of nitrogens with one attached hydrogen (secondary N) is 1. The minimum Gasteiger partial charge on any atom is -0.480 e. The summed E-state index contributed by atoms with van der Waals surface area (Å²) < 4.78 is 19.1. The molecule has 5 heteroatoms. The summed E-state index contributed by atoms with van der Waals surface area (Å²) in [4.78, 5) is 12.8. The molecule has 4 fully saturated rings. The van der Waals surface area contributed by atoms with Crippen LogP contribution in [0.5, 0.6) is 5.75 Å². The number of ether oxygens (including phenoxy) is 1. The molecular formula is C20H24FNO3. The zero-order valence-electron chi connectivity index (χ0n) is 14.2. The van der Waals surface area contributed by atoms with E-state index in [0.717, 1.165) is 37.7 Å². The van der Waals surface area contributed by atoms with Crippen LogP contribution < -0.4 is 10.1 Å². The van der Waals surface area contributed by atoms with Crippen LogP contribution in [0.3, 0.4) is 0 Å². The maximum absolute atomic E-state index is 13.3. The number of aliphatic hydroxyl groups is 1. The van der Waals surface area contributed by atoms with E-state index in [1.165, 1.54) is 12.1 Å². The first kappa shape index (κ1) is 15.6. The van der Waals surface area contributed by atoms with Crippen molar-refractivity contribution in [3.63, 3.8) is 0 Å². The van der Waals surface area contributed by atoms with E-state index in [4.69, 9.17) is 4.74 Å². The molecule has 25 heavy (non-hydrogen) atoms. The Hall–Kier alpha value is -1.62. The van der Waals surface area contributed by atoms with Gasteiger partial charge in [0.15, 0.2) is 6.10 Å². The lowest BCUT2D eigenvalue weighted by molar-refractivity contribution is -0.149. The highest BCUT2D eigenvalue weighted by Gasteiger charge is 2.55. The maximum atomic E-state index is 13.3. The van der Waals surface area contributed by atoms with Gasteiger partial charge in [-0.3, -0.25) is 4.79 Å². The van der Waals surface area contributed by atoms with E-state index >= 15 is 0 Å². The van der Waals surface area contributed by atoms with Crippen LogP contribution in [0.1, 0.15) is 44.1 Å². The van der Waals surface area contributed by atoms with Gasteiger partial charge in [0.1, 0.15) is 11.6 Å². The summed E-state index contributed by atoms with van der Waals surface area (Å²) in [5.41, 5.74) is 0.350. The molecule has 4 nitrogen and oxygen atoms in total. The molecule has 6 atom stereocenters. The van der Waals surface area contributed by atoms with Gasteiger partial charge in [0.05, 0.1) is 5.60 Å². The molecule has 3 unspecified atom stereocenters. The number of amides is 1. The summed E-state index contributed by atoms with van der Waals surface area (Å²) in [5.74, 6) is 1.71. The molecule has 0 spiro atoms. The molecule has 0 aromatic heterocycles. The summed E-state index contributed by atoms with van der Waals surface area (Å²) in [6.07, 6.45) is 5.56. The maximum Gasteiger partial charge on any atom is 0.261 e. The Morgan fingerprint density at radius 1 is 1.24 bits per heavy atom. The zero-order chi connectivity index (χ0) is 17.2. The van der Waals surface area contributed by atoms with Crippen molar-refractivity contribution in [2.24, 2.45) is 17.8 Å². The second-order valence-corrected chi connectivity index (χ2v) is 8.63. The smallest absolute Gasteiger partial charge is 0.261 e. The number of carbonyl (C=O) groups is 1. The third kappa shape index (κ3) is 2.64. The zero-order valence-corrected chi connectivity index (χ0v) is 14.2. The average Bonchev–Trinajstić information content (AvgIpc) is 2.56. The molecule has 4 bridgehead atoms. The van der Waals surface area contributed by atoms with Crippen LogP contribution in [0, 0.1) is 23.6 Å². The predicted molar refractivity (Wildman–Crippen MR) is 89.6 cm³/mol. The van der Waals surface area contributed by atoms with Crippen LogP contribution in [0.15, 0.2) is 18.2 Å². The Kier molecular flexibility index (Phi) is 3.40. The lowest BCUT2D eigenvalue weighted by atomic mass is 9.52. The van der Waals surface area contributed by atoms with Gasteiger partial charge in [-0.15, -0.1) is 0 Å². The van der Waals surface area contributed by atoms with Gasteiger partial charge in [-0.1, -0.05) is 0 Å². The van der Waals surface area contributed by atoms with Gasteiger partial charge < -0.3 is 15.2 Å². The van der Waals surface area contributed by atoms with Crippen LogP contribution in [-0.4, -0.2) is 28.8 Å². The topological polar surface area (TPSA) is 58.6 Å². The standard InChI is InChI=1S/C20H24FNO3/c21-15-2-4-16-12(7-15)1-3-17(25-16)19(23)22-18-13-5-11-6-14(18)10-20(24,8-11)9-13/h2,4,7,11,13-14,17-18,24H,1,3,5-6,8-10H2,(H,22,23)/t11?,13-,14+,17-,18?,20?/m1/s1. The fourth-order valence-electron chi connectivity index (χ4n) is 6.02. The number of carbonyl (C=O) groups excluding carboxylic acids is 1. The number of benzene rings is 1. The first-order chi connectivity index (χ1) is 12.0. The van der Waals surface area contributed by atoms with Crippen LogP contribution in [0.4, 0.5) is 4.39 Å². The fraction of sp³-hybridized carbons (Fsp3) is 0.650. The van der Waals surface area contributed by atoms with E-state index in [2.05, 4.69) is 5.32 Å². The average molecular weight is 345 g/mol. The normalized spacial score (nSPS) is 41.1. The summed E-state index contributed by atoms with van der Waals surface area (Å²) in [6.45, 7) is 0. The van der Waals surface area contributed by atoms with Crippen LogP contribution in [0.2, 0.25) is 0 Å². The highest BCUT2D eigenvalue weighted by atomic mass is 19.1. The number of hydrogen-bond donors (Lipinski definition) is 2. The predicted octanol–water partition coefficient (Wildman–Crippen LogP) is 2.58. The van der Waals surface area contributed by atoms with Crippen molar-refractivity contribution in [1.29, 1.82) is 0 Å². The number of rotatable bonds is 2. The van der Waals surface area contributed by atoms with Gasteiger partial charge >= 0.3 is 0 Å². The van der Waals surface area contributed by atoms with Crippen molar-refractivity contribution >= 4 is 5.91 Å².